The number of nitriles is 1. The average Bonchev–Trinajstić information content (AvgIpc) is 3.00. The van der Waals surface area contributed by atoms with Crippen molar-refractivity contribution in [3.8, 4) is 6.07 Å². The van der Waals surface area contributed by atoms with E-state index in [0.29, 0.717) is 6.04 Å². The minimum Gasteiger partial charge on any atom is -0.382 e. The molecule has 0 aliphatic rings. The Morgan fingerprint density at radius 2 is 1.90 bits per heavy atom. The van der Waals surface area contributed by atoms with Crippen molar-refractivity contribution >= 4 is 27.8 Å². The number of nitrogens with zero attached hydrogens (tertiary/aromatic N) is 1. The largest absolute Gasteiger partial charge is 0.382 e. The molecule has 0 aliphatic carbocycles. The summed E-state index contributed by atoms with van der Waals surface area (Å²) in [6, 6.07) is 18.8. The van der Waals surface area contributed by atoms with E-state index in [4.69, 9.17) is 0 Å². The van der Waals surface area contributed by atoms with Crippen molar-refractivity contribution in [1.29, 1.82) is 5.26 Å². The van der Waals surface area contributed by atoms with Crippen LogP contribution in [0.3, 0.4) is 0 Å². The molecule has 1 aromatic heterocycles. The number of hydrogen-bond donors (Lipinski definition) is 1. The van der Waals surface area contributed by atoms with Gasteiger partial charge in [-0.2, -0.15) is 5.26 Å². The number of anilines is 1. The molecule has 0 amide bonds. The summed E-state index contributed by atoms with van der Waals surface area (Å²) in [5.41, 5.74) is 1.82. The molecule has 1 unspecified atom stereocenters. The highest BCUT2D eigenvalue weighted by Crippen LogP contribution is 2.27. The summed E-state index contributed by atoms with van der Waals surface area (Å²) in [7, 11) is 0. The van der Waals surface area contributed by atoms with Gasteiger partial charge in [-0.15, -0.1) is 11.3 Å². The zero-order valence-corrected chi connectivity index (χ0v) is 12.7. The second kappa shape index (κ2) is 5.99. The third-order valence-electron chi connectivity index (χ3n) is 3.53. The van der Waals surface area contributed by atoms with E-state index >= 15 is 0 Å². The van der Waals surface area contributed by atoms with E-state index in [2.05, 4.69) is 41.9 Å². The second-order valence-electron chi connectivity index (χ2n) is 5.15. The van der Waals surface area contributed by atoms with Crippen molar-refractivity contribution < 1.29 is 0 Å². The van der Waals surface area contributed by atoms with Crippen LogP contribution in [0.25, 0.3) is 10.8 Å². The SMILES string of the molecule is CC(Cc1cccs1)Nc1ccc(C#N)c2ccccc12. The summed E-state index contributed by atoms with van der Waals surface area (Å²) >= 11 is 1.79. The molecule has 3 aromatic rings. The Morgan fingerprint density at radius 3 is 2.62 bits per heavy atom. The summed E-state index contributed by atoms with van der Waals surface area (Å²) in [6.07, 6.45) is 1.01. The van der Waals surface area contributed by atoms with Crippen LogP contribution in [-0.4, -0.2) is 6.04 Å². The van der Waals surface area contributed by atoms with Gasteiger partial charge in [-0.25, -0.2) is 0 Å². The van der Waals surface area contributed by atoms with Gasteiger partial charge in [0.1, 0.15) is 0 Å². The fourth-order valence-corrected chi connectivity index (χ4v) is 3.40. The summed E-state index contributed by atoms with van der Waals surface area (Å²) < 4.78 is 0. The number of hydrogen-bond acceptors (Lipinski definition) is 3. The molecular formula is C18H16N2S. The molecule has 0 fully saturated rings. The number of fused-ring (bicyclic) bond motifs is 1. The van der Waals surface area contributed by atoms with E-state index in [9.17, 15) is 5.26 Å². The molecular weight excluding hydrogens is 276 g/mol. The van der Waals surface area contributed by atoms with Gasteiger partial charge in [0.25, 0.3) is 0 Å². The van der Waals surface area contributed by atoms with Crippen LogP contribution in [0, 0.1) is 11.3 Å². The highest BCUT2D eigenvalue weighted by molar-refractivity contribution is 7.09. The van der Waals surface area contributed by atoms with Crippen molar-refractivity contribution in [2.45, 2.75) is 19.4 Å². The van der Waals surface area contributed by atoms with E-state index in [0.717, 1.165) is 28.4 Å². The normalized spacial score (nSPS) is 12.0. The molecule has 0 radical (unpaired) electrons. The Balaban J connectivity index is 1.89. The fourth-order valence-electron chi connectivity index (χ4n) is 2.57. The van der Waals surface area contributed by atoms with Gasteiger partial charge in [-0.05, 0) is 30.5 Å². The lowest BCUT2D eigenvalue weighted by molar-refractivity contribution is 0.802. The minimum absolute atomic E-state index is 0.347. The maximum Gasteiger partial charge on any atom is 0.0998 e. The Kier molecular flexibility index (Phi) is 3.89. The lowest BCUT2D eigenvalue weighted by Crippen LogP contribution is -2.17. The van der Waals surface area contributed by atoms with Crippen molar-refractivity contribution in [2.24, 2.45) is 0 Å². The van der Waals surface area contributed by atoms with E-state index in [1.165, 1.54) is 4.88 Å². The Bertz CT molecular complexity index is 785. The molecule has 1 N–H and O–H groups in total. The third-order valence-corrected chi connectivity index (χ3v) is 4.43. The highest BCUT2D eigenvalue weighted by atomic mass is 32.1. The standard InChI is InChI=1S/C18H16N2S/c1-13(11-15-5-4-10-21-15)20-18-9-8-14(12-19)16-6-2-3-7-17(16)18/h2-10,13,20H,11H2,1H3. The maximum atomic E-state index is 9.21. The number of benzene rings is 2. The zero-order valence-electron chi connectivity index (χ0n) is 11.8. The van der Waals surface area contributed by atoms with Gasteiger partial charge in [0.2, 0.25) is 0 Å². The highest BCUT2D eigenvalue weighted by Gasteiger charge is 2.09. The average molecular weight is 292 g/mol. The van der Waals surface area contributed by atoms with Crippen LogP contribution in [-0.2, 0) is 6.42 Å². The molecule has 0 saturated heterocycles. The van der Waals surface area contributed by atoms with Crippen LogP contribution >= 0.6 is 11.3 Å². The maximum absolute atomic E-state index is 9.21. The van der Waals surface area contributed by atoms with Gasteiger partial charge in [0.05, 0.1) is 11.6 Å². The first-order valence-corrected chi connectivity index (χ1v) is 7.86. The molecule has 0 saturated carbocycles. The van der Waals surface area contributed by atoms with Crippen LogP contribution in [0.4, 0.5) is 5.69 Å². The first kappa shape index (κ1) is 13.7. The molecule has 21 heavy (non-hydrogen) atoms. The predicted octanol–water partition coefficient (Wildman–Crippen LogP) is 4.82. The summed E-state index contributed by atoms with van der Waals surface area (Å²) in [5.74, 6) is 0. The molecule has 3 rings (SSSR count). The van der Waals surface area contributed by atoms with Gasteiger partial charge in [-0.3, -0.25) is 0 Å². The summed E-state index contributed by atoms with van der Waals surface area (Å²) in [6.45, 7) is 2.19. The van der Waals surface area contributed by atoms with Crippen LogP contribution < -0.4 is 5.32 Å². The van der Waals surface area contributed by atoms with Crippen molar-refractivity contribution in [3.63, 3.8) is 0 Å². The molecule has 1 atom stereocenters. The van der Waals surface area contributed by atoms with E-state index < -0.39 is 0 Å². The number of thiophene rings is 1. The number of nitrogens with one attached hydrogen (secondary N) is 1. The predicted molar refractivity (Wildman–Crippen MR) is 89.8 cm³/mol. The van der Waals surface area contributed by atoms with Gasteiger partial charge in [0.15, 0.2) is 0 Å². The summed E-state index contributed by atoms with van der Waals surface area (Å²) in [4.78, 5) is 1.38. The van der Waals surface area contributed by atoms with Gasteiger partial charge >= 0.3 is 0 Å². The molecule has 2 nitrogen and oxygen atoms in total. The van der Waals surface area contributed by atoms with E-state index in [1.54, 1.807) is 11.3 Å². The third kappa shape index (κ3) is 2.91. The Hall–Kier alpha value is -2.31. The molecule has 3 heteroatoms. The Morgan fingerprint density at radius 1 is 1.10 bits per heavy atom. The molecule has 2 aromatic carbocycles. The second-order valence-corrected chi connectivity index (χ2v) is 6.18. The molecule has 104 valence electrons. The van der Waals surface area contributed by atoms with E-state index in [-0.39, 0.29) is 0 Å². The van der Waals surface area contributed by atoms with Gasteiger partial charge < -0.3 is 5.32 Å². The van der Waals surface area contributed by atoms with Crippen LogP contribution in [0.15, 0.2) is 53.9 Å². The van der Waals surface area contributed by atoms with Crippen LogP contribution in [0.5, 0.6) is 0 Å². The monoisotopic (exact) mass is 292 g/mol. The molecule has 0 bridgehead atoms. The minimum atomic E-state index is 0.347. The lowest BCUT2D eigenvalue weighted by atomic mass is 10.0. The Labute approximate surface area is 128 Å². The first-order valence-electron chi connectivity index (χ1n) is 6.98. The zero-order chi connectivity index (χ0) is 14.7. The van der Waals surface area contributed by atoms with Crippen LogP contribution in [0.2, 0.25) is 0 Å². The molecule has 0 spiro atoms. The fraction of sp³-hybridized carbons (Fsp3) is 0.167. The number of rotatable bonds is 4. The lowest BCUT2D eigenvalue weighted by Gasteiger charge is -2.17. The topological polar surface area (TPSA) is 35.8 Å². The smallest absolute Gasteiger partial charge is 0.0998 e. The van der Waals surface area contributed by atoms with Crippen molar-refractivity contribution in [2.75, 3.05) is 5.32 Å². The van der Waals surface area contributed by atoms with E-state index in [1.807, 2.05) is 30.3 Å². The van der Waals surface area contributed by atoms with Crippen molar-refractivity contribution in [1.82, 2.24) is 0 Å². The van der Waals surface area contributed by atoms with Crippen molar-refractivity contribution in [3.05, 3.63) is 64.4 Å². The first-order chi connectivity index (χ1) is 10.3. The molecule has 0 aliphatic heterocycles. The van der Waals surface area contributed by atoms with Crippen LogP contribution in [0.1, 0.15) is 17.4 Å². The summed E-state index contributed by atoms with van der Waals surface area (Å²) in [5, 5.41) is 17.0. The van der Waals surface area contributed by atoms with Gasteiger partial charge in [0, 0.05) is 33.8 Å². The molecule has 1 heterocycles. The van der Waals surface area contributed by atoms with Gasteiger partial charge in [-0.1, -0.05) is 30.3 Å². The quantitative estimate of drug-likeness (QED) is 0.748.